The topological polar surface area (TPSA) is 92.1 Å². The predicted octanol–water partition coefficient (Wildman–Crippen LogP) is 0.660. The van der Waals surface area contributed by atoms with Gasteiger partial charge in [-0.05, 0) is 6.07 Å². The zero-order valence-electron chi connectivity index (χ0n) is 9.30. The number of hydrogen-bond acceptors (Lipinski definition) is 4. The molecule has 1 amide bonds. The second-order valence-electron chi connectivity index (χ2n) is 3.36. The number of likely N-dealkylation sites (N-methyl/N-ethyl adjacent to an activating group) is 1. The number of amidine groups is 1. The van der Waals surface area contributed by atoms with Gasteiger partial charge in [-0.1, -0.05) is 12.1 Å². The summed E-state index contributed by atoms with van der Waals surface area (Å²) < 4.78 is 5.16. The lowest BCUT2D eigenvalue weighted by Gasteiger charge is -2.15. The Morgan fingerprint density at radius 3 is 2.94 bits per heavy atom. The fourth-order valence-electron chi connectivity index (χ4n) is 1.36. The molecule has 16 heavy (non-hydrogen) atoms. The molecule has 6 nitrogen and oxygen atoms in total. The molecule has 0 aliphatic carbocycles. The van der Waals surface area contributed by atoms with E-state index in [0.29, 0.717) is 17.7 Å². The summed E-state index contributed by atoms with van der Waals surface area (Å²) in [6.45, 7) is 1.98. The number of furan rings is 1. The summed E-state index contributed by atoms with van der Waals surface area (Å²) in [5, 5.41) is 11.2. The Bertz CT molecular complexity index is 398. The largest absolute Gasteiger partial charge is 0.469 e. The van der Waals surface area contributed by atoms with Crippen molar-refractivity contribution < 1.29 is 14.4 Å². The fourth-order valence-corrected chi connectivity index (χ4v) is 1.36. The molecule has 0 atom stereocenters. The predicted molar refractivity (Wildman–Crippen MR) is 58.5 cm³/mol. The maximum atomic E-state index is 11.9. The minimum absolute atomic E-state index is 0.0163. The molecule has 0 radical (unpaired) electrons. The van der Waals surface area contributed by atoms with Crippen LogP contribution in [0.15, 0.2) is 21.9 Å². The van der Waals surface area contributed by atoms with Crippen LogP contribution >= 0.6 is 0 Å². The summed E-state index contributed by atoms with van der Waals surface area (Å²) in [6, 6.07) is 1.62. The SMILES string of the molecule is CCc1occc1C(=O)N(C)C/C(N)=N/O. The van der Waals surface area contributed by atoms with Crippen LogP contribution in [-0.2, 0) is 6.42 Å². The number of amides is 1. The van der Waals surface area contributed by atoms with Crippen molar-refractivity contribution in [1.82, 2.24) is 4.90 Å². The number of oxime groups is 1. The zero-order chi connectivity index (χ0) is 12.1. The van der Waals surface area contributed by atoms with Gasteiger partial charge in [-0.3, -0.25) is 4.79 Å². The van der Waals surface area contributed by atoms with Crippen molar-refractivity contribution in [2.24, 2.45) is 10.9 Å². The summed E-state index contributed by atoms with van der Waals surface area (Å²) in [5.74, 6) is 0.408. The van der Waals surface area contributed by atoms with E-state index in [1.807, 2.05) is 6.92 Å². The van der Waals surface area contributed by atoms with Crippen molar-refractivity contribution in [2.45, 2.75) is 13.3 Å². The number of carbonyl (C=O) groups excluding carboxylic acids is 1. The van der Waals surface area contributed by atoms with E-state index in [0.717, 1.165) is 0 Å². The number of nitrogens with zero attached hydrogens (tertiary/aromatic N) is 2. The number of hydrogen-bond donors (Lipinski definition) is 2. The third-order valence-corrected chi connectivity index (χ3v) is 2.17. The van der Waals surface area contributed by atoms with E-state index in [2.05, 4.69) is 5.16 Å². The average Bonchev–Trinajstić information content (AvgIpc) is 2.75. The van der Waals surface area contributed by atoms with Gasteiger partial charge < -0.3 is 20.3 Å². The van der Waals surface area contributed by atoms with Gasteiger partial charge in [-0.15, -0.1) is 0 Å². The van der Waals surface area contributed by atoms with Crippen LogP contribution in [0.5, 0.6) is 0 Å². The Labute approximate surface area is 93.3 Å². The highest BCUT2D eigenvalue weighted by Crippen LogP contribution is 2.13. The lowest BCUT2D eigenvalue weighted by Crippen LogP contribution is -2.35. The molecule has 3 N–H and O–H groups in total. The molecule has 0 bridgehead atoms. The Hall–Kier alpha value is -1.98. The van der Waals surface area contributed by atoms with Crippen LogP contribution in [0.4, 0.5) is 0 Å². The summed E-state index contributed by atoms with van der Waals surface area (Å²) >= 11 is 0. The maximum Gasteiger partial charge on any atom is 0.257 e. The van der Waals surface area contributed by atoms with Crippen molar-refractivity contribution in [3.8, 4) is 0 Å². The van der Waals surface area contributed by atoms with Gasteiger partial charge in [0.2, 0.25) is 0 Å². The Balaban J connectivity index is 2.78. The quantitative estimate of drug-likeness (QED) is 0.341. The first-order valence-corrected chi connectivity index (χ1v) is 4.88. The van der Waals surface area contributed by atoms with Crippen molar-refractivity contribution in [3.05, 3.63) is 23.7 Å². The first-order valence-electron chi connectivity index (χ1n) is 4.88. The van der Waals surface area contributed by atoms with E-state index < -0.39 is 0 Å². The molecule has 1 aromatic rings. The van der Waals surface area contributed by atoms with Gasteiger partial charge in [-0.2, -0.15) is 0 Å². The Morgan fingerprint density at radius 1 is 1.69 bits per heavy atom. The van der Waals surface area contributed by atoms with E-state index in [9.17, 15) is 4.79 Å². The summed E-state index contributed by atoms with van der Waals surface area (Å²) in [5.41, 5.74) is 5.83. The van der Waals surface area contributed by atoms with E-state index in [1.54, 1.807) is 13.1 Å². The van der Waals surface area contributed by atoms with Crippen molar-refractivity contribution in [3.63, 3.8) is 0 Å². The highest BCUT2D eigenvalue weighted by atomic mass is 16.4. The van der Waals surface area contributed by atoms with Gasteiger partial charge >= 0.3 is 0 Å². The molecule has 0 aliphatic rings. The van der Waals surface area contributed by atoms with E-state index >= 15 is 0 Å². The first kappa shape index (κ1) is 12.1. The van der Waals surface area contributed by atoms with E-state index in [1.165, 1.54) is 11.2 Å². The Morgan fingerprint density at radius 2 is 2.38 bits per heavy atom. The number of aryl methyl sites for hydroxylation is 1. The highest BCUT2D eigenvalue weighted by molar-refractivity contribution is 5.97. The average molecular weight is 225 g/mol. The molecule has 0 aliphatic heterocycles. The maximum absolute atomic E-state index is 11.9. The second-order valence-corrected chi connectivity index (χ2v) is 3.36. The van der Waals surface area contributed by atoms with E-state index in [-0.39, 0.29) is 18.3 Å². The van der Waals surface area contributed by atoms with Crippen LogP contribution < -0.4 is 5.73 Å². The molecule has 6 heteroatoms. The molecular weight excluding hydrogens is 210 g/mol. The van der Waals surface area contributed by atoms with Gasteiger partial charge in [0.05, 0.1) is 18.4 Å². The third kappa shape index (κ3) is 2.53. The minimum atomic E-state index is -0.211. The van der Waals surface area contributed by atoms with Crippen LogP contribution in [0.25, 0.3) is 0 Å². The fraction of sp³-hybridized carbons (Fsp3) is 0.400. The standard InChI is InChI=1S/C10H15N3O3/c1-3-8-7(4-5-16-8)10(14)13(2)6-9(11)12-15/h4-5,15H,3,6H2,1-2H3,(H2,11,12). The lowest BCUT2D eigenvalue weighted by molar-refractivity contribution is 0.0811. The molecule has 0 spiro atoms. The molecule has 88 valence electrons. The normalized spacial score (nSPS) is 11.5. The summed E-state index contributed by atoms with van der Waals surface area (Å²) in [7, 11) is 1.58. The summed E-state index contributed by atoms with van der Waals surface area (Å²) in [4.78, 5) is 13.3. The molecule has 1 heterocycles. The Kier molecular flexibility index (Phi) is 3.93. The van der Waals surface area contributed by atoms with Crippen LogP contribution in [0, 0.1) is 0 Å². The second kappa shape index (κ2) is 5.20. The van der Waals surface area contributed by atoms with Gasteiger partial charge in [-0.25, -0.2) is 0 Å². The highest BCUT2D eigenvalue weighted by Gasteiger charge is 2.17. The van der Waals surface area contributed by atoms with Gasteiger partial charge in [0.25, 0.3) is 5.91 Å². The molecule has 0 saturated carbocycles. The van der Waals surface area contributed by atoms with E-state index in [4.69, 9.17) is 15.4 Å². The first-order chi connectivity index (χ1) is 7.60. The monoisotopic (exact) mass is 225 g/mol. The van der Waals surface area contributed by atoms with Crippen molar-refractivity contribution in [1.29, 1.82) is 0 Å². The molecular formula is C10H15N3O3. The number of rotatable bonds is 4. The number of nitrogens with two attached hydrogens (primary N) is 1. The van der Waals surface area contributed by atoms with Gasteiger partial charge in [0.1, 0.15) is 5.76 Å². The molecule has 0 aromatic carbocycles. The summed E-state index contributed by atoms with van der Waals surface area (Å²) in [6.07, 6.45) is 2.12. The van der Waals surface area contributed by atoms with Crippen LogP contribution in [-0.4, -0.2) is 35.4 Å². The van der Waals surface area contributed by atoms with Crippen LogP contribution in [0.1, 0.15) is 23.0 Å². The molecule has 0 saturated heterocycles. The molecule has 0 fully saturated rings. The molecule has 0 unspecified atom stereocenters. The van der Waals surface area contributed by atoms with Gasteiger partial charge in [0.15, 0.2) is 5.84 Å². The van der Waals surface area contributed by atoms with Crippen molar-refractivity contribution >= 4 is 11.7 Å². The van der Waals surface area contributed by atoms with Crippen molar-refractivity contribution in [2.75, 3.05) is 13.6 Å². The molecule has 1 rings (SSSR count). The zero-order valence-corrected chi connectivity index (χ0v) is 9.30. The minimum Gasteiger partial charge on any atom is -0.469 e. The van der Waals surface area contributed by atoms with Crippen LogP contribution in [0.2, 0.25) is 0 Å². The lowest BCUT2D eigenvalue weighted by atomic mass is 10.2. The van der Waals surface area contributed by atoms with Crippen LogP contribution in [0.3, 0.4) is 0 Å². The third-order valence-electron chi connectivity index (χ3n) is 2.17. The smallest absolute Gasteiger partial charge is 0.257 e. The van der Waals surface area contributed by atoms with Gasteiger partial charge in [0, 0.05) is 13.5 Å². The molecule has 1 aromatic heterocycles. The number of carbonyl (C=O) groups is 1.